The highest BCUT2D eigenvalue weighted by Crippen LogP contribution is 2.23. The van der Waals surface area contributed by atoms with Crippen molar-refractivity contribution in [2.24, 2.45) is 0 Å². The first-order valence-electron chi connectivity index (χ1n) is 6.07. The predicted molar refractivity (Wildman–Crippen MR) is 75.6 cm³/mol. The molecule has 0 saturated carbocycles. The molecule has 5 nitrogen and oxygen atoms in total. The number of aromatic nitrogens is 1. The van der Waals surface area contributed by atoms with Gasteiger partial charge in [0.2, 0.25) is 0 Å². The standard InChI is InChI=1S/C14H15ClN2O3/c1-14(2,8-18)16-13(19)11-7-12(20-17-11)9-4-3-5-10(15)6-9/h3-7,18H,8H2,1-2H3,(H,16,19). The number of hydrogen-bond donors (Lipinski definition) is 2. The lowest BCUT2D eigenvalue weighted by atomic mass is 10.1. The Labute approximate surface area is 121 Å². The number of benzene rings is 1. The summed E-state index contributed by atoms with van der Waals surface area (Å²) in [6.07, 6.45) is 0. The smallest absolute Gasteiger partial charge is 0.273 e. The van der Waals surface area contributed by atoms with Crippen LogP contribution in [0.3, 0.4) is 0 Å². The largest absolute Gasteiger partial charge is 0.394 e. The van der Waals surface area contributed by atoms with E-state index >= 15 is 0 Å². The summed E-state index contributed by atoms with van der Waals surface area (Å²) >= 11 is 5.90. The molecule has 0 bridgehead atoms. The van der Waals surface area contributed by atoms with E-state index in [9.17, 15) is 4.79 Å². The minimum absolute atomic E-state index is 0.154. The van der Waals surface area contributed by atoms with Gasteiger partial charge in [-0.05, 0) is 26.0 Å². The lowest BCUT2D eigenvalue weighted by Crippen LogP contribution is -2.46. The molecule has 2 N–H and O–H groups in total. The number of hydrogen-bond acceptors (Lipinski definition) is 4. The molecule has 1 aromatic carbocycles. The molecule has 1 aromatic heterocycles. The Hall–Kier alpha value is -1.85. The number of carbonyl (C=O) groups excluding carboxylic acids is 1. The zero-order valence-corrected chi connectivity index (χ0v) is 11.9. The van der Waals surface area contributed by atoms with Crippen molar-refractivity contribution in [1.29, 1.82) is 0 Å². The van der Waals surface area contributed by atoms with Gasteiger partial charge < -0.3 is 14.9 Å². The van der Waals surface area contributed by atoms with E-state index in [1.165, 1.54) is 6.07 Å². The number of amides is 1. The minimum atomic E-state index is -0.716. The normalized spacial score (nSPS) is 11.4. The quantitative estimate of drug-likeness (QED) is 0.908. The second-order valence-electron chi connectivity index (χ2n) is 5.08. The molecule has 1 amide bonds. The molecular formula is C14H15ClN2O3. The van der Waals surface area contributed by atoms with Crippen molar-refractivity contribution in [3.63, 3.8) is 0 Å². The fourth-order valence-corrected chi connectivity index (χ4v) is 1.76. The van der Waals surface area contributed by atoms with Gasteiger partial charge in [-0.25, -0.2) is 0 Å². The van der Waals surface area contributed by atoms with Crippen LogP contribution in [0.4, 0.5) is 0 Å². The SMILES string of the molecule is CC(C)(CO)NC(=O)c1cc(-c2cccc(Cl)c2)on1. The first-order valence-corrected chi connectivity index (χ1v) is 6.45. The summed E-state index contributed by atoms with van der Waals surface area (Å²) in [6, 6.07) is 8.61. The van der Waals surface area contributed by atoms with Crippen LogP contribution >= 0.6 is 11.6 Å². The van der Waals surface area contributed by atoms with Crippen LogP contribution in [0, 0.1) is 0 Å². The van der Waals surface area contributed by atoms with E-state index in [1.54, 1.807) is 32.0 Å². The molecule has 2 aromatic rings. The van der Waals surface area contributed by atoms with Crippen molar-refractivity contribution >= 4 is 17.5 Å². The number of carbonyl (C=O) groups is 1. The average Bonchev–Trinajstić information content (AvgIpc) is 2.88. The molecule has 0 aliphatic carbocycles. The van der Waals surface area contributed by atoms with E-state index in [1.807, 2.05) is 6.07 Å². The predicted octanol–water partition coefficient (Wildman–Crippen LogP) is 2.50. The Kier molecular flexibility index (Phi) is 4.11. The molecule has 0 atom stereocenters. The molecule has 6 heteroatoms. The van der Waals surface area contributed by atoms with Crippen molar-refractivity contribution in [2.45, 2.75) is 19.4 Å². The molecule has 0 aliphatic heterocycles. The van der Waals surface area contributed by atoms with Gasteiger partial charge in [0.05, 0.1) is 12.1 Å². The summed E-state index contributed by atoms with van der Waals surface area (Å²) in [5.74, 6) is 0.0560. The lowest BCUT2D eigenvalue weighted by Gasteiger charge is -2.22. The Balaban J connectivity index is 2.19. The molecule has 0 radical (unpaired) electrons. The fourth-order valence-electron chi connectivity index (χ4n) is 1.57. The summed E-state index contributed by atoms with van der Waals surface area (Å²) in [5, 5.41) is 16.1. The van der Waals surface area contributed by atoms with Crippen LogP contribution < -0.4 is 5.32 Å². The van der Waals surface area contributed by atoms with Crippen LogP contribution in [-0.2, 0) is 0 Å². The van der Waals surface area contributed by atoms with Crippen LogP contribution in [0.25, 0.3) is 11.3 Å². The molecule has 0 aliphatic rings. The number of aliphatic hydroxyl groups is 1. The third-order valence-corrected chi connectivity index (χ3v) is 2.93. The van der Waals surface area contributed by atoms with E-state index in [0.717, 1.165) is 5.56 Å². The molecule has 2 rings (SSSR count). The number of nitrogens with one attached hydrogen (secondary N) is 1. The topological polar surface area (TPSA) is 75.4 Å². The molecule has 20 heavy (non-hydrogen) atoms. The summed E-state index contributed by atoms with van der Waals surface area (Å²) in [4.78, 5) is 12.0. The van der Waals surface area contributed by atoms with Crippen LogP contribution in [0.2, 0.25) is 5.02 Å². The summed E-state index contributed by atoms with van der Waals surface area (Å²) in [7, 11) is 0. The van der Waals surface area contributed by atoms with Crippen LogP contribution in [0.5, 0.6) is 0 Å². The van der Waals surface area contributed by atoms with Gasteiger partial charge in [0.25, 0.3) is 5.91 Å². The lowest BCUT2D eigenvalue weighted by molar-refractivity contribution is 0.0860. The summed E-state index contributed by atoms with van der Waals surface area (Å²) in [5.41, 5.74) is 0.179. The highest BCUT2D eigenvalue weighted by atomic mass is 35.5. The first-order chi connectivity index (χ1) is 9.41. The van der Waals surface area contributed by atoms with Crippen molar-refractivity contribution in [3.8, 4) is 11.3 Å². The van der Waals surface area contributed by atoms with Crippen molar-refractivity contribution in [3.05, 3.63) is 41.0 Å². The Bertz CT molecular complexity index is 622. The van der Waals surface area contributed by atoms with E-state index in [0.29, 0.717) is 10.8 Å². The molecular weight excluding hydrogens is 280 g/mol. The molecule has 0 unspecified atom stereocenters. The number of nitrogens with zero attached hydrogens (tertiary/aromatic N) is 1. The highest BCUT2D eigenvalue weighted by molar-refractivity contribution is 6.30. The average molecular weight is 295 g/mol. The van der Waals surface area contributed by atoms with Gasteiger partial charge in [0, 0.05) is 16.7 Å². The molecule has 1 heterocycles. The second kappa shape index (κ2) is 5.64. The van der Waals surface area contributed by atoms with E-state index in [-0.39, 0.29) is 12.3 Å². The zero-order chi connectivity index (χ0) is 14.8. The van der Waals surface area contributed by atoms with Gasteiger partial charge in [-0.2, -0.15) is 0 Å². The summed E-state index contributed by atoms with van der Waals surface area (Å²) < 4.78 is 5.14. The Morgan fingerprint density at radius 2 is 2.20 bits per heavy atom. The van der Waals surface area contributed by atoms with E-state index < -0.39 is 11.4 Å². The monoisotopic (exact) mass is 294 g/mol. The molecule has 0 saturated heterocycles. The van der Waals surface area contributed by atoms with Gasteiger partial charge in [0.1, 0.15) is 0 Å². The van der Waals surface area contributed by atoms with Crippen LogP contribution in [0.1, 0.15) is 24.3 Å². The zero-order valence-electron chi connectivity index (χ0n) is 11.2. The molecule has 0 fully saturated rings. The third-order valence-electron chi connectivity index (χ3n) is 2.70. The van der Waals surface area contributed by atoms with Crippen LogP contribution in [0.15, 0.2) is 34.9 Å². The Morgan fingerprint density at radius 1 is 1.45 bits per heavy atom. The van der Waals surface area contributed by atoms with Gasteiger partial charge in [-0.3, -0.25) is 4.79 Å². The second-order valence-corrected chi connectivity index (χ2v) is 5.52. The molecule has 0 spiro atoms. The van der Waals surface area contributed by atoms with Crippen LogP contribution in [-0.4, -0.2) is 28.3 Å². The van der Waals surface area contributed by atoms with Crippen molar-refractivity contribution in [1.82, 2.24) is 10.5 Å². The highest BCUT2D eigenvalue weighted by Gasteiger charge is 2.22. The maximum Gasteiger partial charge on any atom is 0.273 e. The Morgan fingerprint density at radius 3 is 2.85 bits per heavy atom. The third kappa shape index (κ3) is 3.37. The van der Waals surface area contributed by atoms with E-state index in [2.05, 4.69) is 10.5 Å². The molecule has 106 valence electrons. The van der Waals surface area contributed by atoms with Gasteiger partial charge in [-0.15, -0.1) is 0 Å². The fraction of sp³-hybridized carbons (Fsp3) is 0.286. The van der Waals surface area contributed by atoms with Gasteiger partial charge in [-0.1, -0.05) is 28.9 Å². The summed E-state index contributed by atoms with van der Waals surface area (Å²) in [6.45, 7) is 3.25. The number of halogens is 1. The maximum absolute atomic E-state index is 12.0. The van der Waals surface area contributed by atoms with E-state index in [4.69, 9.17) is 21.2 Å². The number of aliphatic hydroxyl groups excluding tert-OH is 1. The van der Waals surface area contributed by atoms with Gasteiger partial charge in [0.15, 0.2) is 11.5 Å². The number of rotatable bonds is 4. The minimum Gasteiger partial charge on any atom is -0.394 e. The van der Waals surface area contributed by atoms with Gasteiger partial charge >= 0.3 is 0 Å². The first kappa shape index (κ1) is 14.6. The van der Waals surface area contributed by atoms with Crippen molar-refractivity contribution in [2.75, 3.05) is 6.61 Å². The van der Waals surface area contributed by atoms with Crippen molar-refractivity contribution < 1.29 is 14.4 Å². The maximum atomic E-state index is 12.0.